The fraction of sp³-hybridized carbons (Fsp3) is 0.429. The second-order valence-electron chi connectivity index (χ2n) is 4.43. The largest absolute Gasteiger partial charge is 1.00 e. The van der Waals surface area contributed by atoms with Gasteiger partial charge in [-0.2, -0.15) is 0 Å². The van der Waals surface area contributed by atoms with Gasteiger partial charge in [0.2, 0.25) is 0 Å². The summed E-state index contributed by atoms with van der Waals surface area (Å²) in [4.78, 5) is 21.9. The molecule has 0 spiro atoms. The molecule has 0 N–H and O–H groups in total. The predicted octanol–water partition coefficient (Wildman–Crippen LogP) is -1.08. The van der Waals surface area contributed by atoms with Crippen LogP contribution in [0, 0.1) is 0 Å². The fourth-order valence-corrected chi connectivity index (χ4v) is 1.59. The summed E-state index contributed by atoms with van der Waals surface area (Å²) in [5, 5.41) is 10.2. The minimum atomic E-state index is -1.10. The first-order chi connectivity index (χ1) is 8.00. The van der Waals surface area contributed by atoms with E-state index in [9.17, 15) is 14.7 Å². The van der Waals surface area contributed by atoms with Gasteiger partial charge in [-0.1, -0.05) is 38.1 Å². The molecule has 0 aliphatic rings. The molecule has 0 bridgehead atoms. The first-order valence-electron chi connectivity index (χ1n) is 5.83. The van der Waals surface area contributed by atoms with Crippen molar-refractivity contribution in [1.82, 2.24) is 0 Å². The molecule has 0 atom stereocenters. The molecule has 18 heavy (non-hydrogen) atoms. The van der Waals surface area contributed by atoms with Crippen molar-refractivity contribution < 1.29 is 44.3 Å². The van der Waals surface area contributed by atoms with E-state index >= 15 is 0 Å². The van der Waals surface area contributed by atoms with Crippen LogP contribution in [0.5, 0.6) is 0 Å². The zero-order valence-corrected chi connectivity index (χ0v) is 13.2. The van der Waals surface area contributed by atoms with Crippen LogP contribution in [0.15, 0.2) is 24.3 Å². The Morgan fingerprint density at radius 2 is 1.67 bits per heavy atom. The molecule has 0 amide bonds. The number of Topliss-reactive ketones (excluding diaryl/α,β-unsaturated/α-hetero) is 1. The zero-order chi connectivity index (χ0) is 12.8. The minimum Gasteiger partial charge on any atom is -0.550 e. The van der Waals surface area contributed by atoms with E-state index in [2.05, 4.69) is 13.8 Å². The summed E-state index contributed by atoms with van der Waals surface area (Å²) in [6, 6.07) is 7.49. The number of hydrogen-bond acceptors (Lipinski definition) is 3. The Balaban J connectivity index is 0.00000289. The van der Waals surface area contributed by atoms with Crippen LogP contribution in [-0.2, 0) is 4.79 Å². The van der Waals surface area contributed by atoms with Gasteiger partial charge in [0.05, 0.1) is 0 Å². The number of carboxylic acids is 1. The van der Waals surface area contributed by atoms with E-state index in [-0.39, 0.29) is 48.2 Å². The Bertz CT molecular complexity index is 396. The molecular weight excluding hydrogens is 239 g/mol. The van der Waals surface area contributed by atoms with E-state index in [1.165, 1.54) is 5.56 Å². The normalized spacial score (nSPS) is 9.94. The van der Waals surface area contributed by atoms with Crippen molar-refractivity contribution >= 4 is 11.8 Å². The van der Waals surface area contributed by atoms with E-state index in [0.717, 1.165) is 0 Å². The van der Waals surface area contributed by atoms with Crippen LogP contribution in [0.4, 0.5) is 0 Å². The molecular formula is C14H17NaO3. The molecule has 3 nitrogen and oxygen atoms in total. The molecule has 0 saturated heterocycles. The molecule has 0 aliphatic heterocycles. The molecule has 0 unspecified atom stereocenters. The van der Waals surface area contributed by atoms with Crippen LogP contribution >= 0.6 is 0 Å². The molecule has 0 saturated carbocycles. The van der Waals surface area contributed by atoms with Gasteiger partial charge in [0.25, 0.3) is 0 Å². The Morgan fingerprint density at radius 3 is 2.11 bits per heavy atom. The van der Waals surface area contributed by atoms with Crippen molar-refractivity contribution in [2.24, 2.45) is 0 Å². The van der Waals surface area contributed by atoms with Crippen molar-refractivity contribution in [2.45, 2.75) is 39.0 Å². The summed E-state index contributed by atoms with van der Waals surface area (Å²) < 4.78 is 0. The van der Waals surface area contributed by atoms with E-state index in [1.807, 2.05) is 12.1 Å². The van der Waals surface area contributed by atoms with Crippen LogP contribution in [0.2, 0.25) is 0 Å². The summed E-state index contributed by atoms with van der Waals surface area (Å²) in [6.45, 7) is 4.19. The van der Waals surface area contributed by atoms with Gasteiger partial charge in [-0.15, -0.1) is 0 Å². The van der Waals surface area contributed by atoms with Crippen molar-refractivity contribution in [3.05, 3.63) is 35.4 Å². The van der Waals surface area contributed by atoms with Gasteiger partial charge in [0.15, 0.2) is 5.78 Å². The van der Waals surface area contributed by atoms with Crippen LogP contribution in [-0.4, -0.2) is 11.8 Å². The Morgan fingerprint density at radius 1 is 1.11 bits per heavy atom. The molecule has 0 fully saturated rings. The minimum absolute atomic E-state index is 0. The predicted molar refractivity (Wildman–Crippen MR) is 63.7 cm³/mol. The van der Waals surface area contributed by atoms with Crippen molar-refractivity contribution in [1.29, 1.82) is 0 Å². The monoisotopic (exact) mass is 256 g/mol. The third kappa shape index (κ3) is 5.80. The zero-order valence-electron chi connectivity index (χ0n) is 11.2. The summed E-state index contributed by atoms with van der Waals surface area (Å²) in [5.74, 6) is -0.674. The molecule has 0 aromatic heterocycles. The number of ketones is 1. The second-order valence-corrected chi connectivity index (χ2v) is 4.43. The van der Waals surface area contributed by atoms with E-state index < -0.39 is 5.97 Å². The first-order valence-corrected chi connectivity index (χ1v) is 5.83. The topological polar surface area (TPSA) is 57.2 Å². The van der Waals surface area contributed by atoms with Gasteiger partial charge >= 0.3 is 29.6 Å². The fourth-order valence-electron chi connectivity index (χ4n) is 1.59. The maximum atomic E-state index is 11.7. The molecule has 4 heteroatoms. The van der Waals surface area contributed by atoms with Gasteiger partial charge in [-0.05, 0) is 24.3 Å². The maximum Gasteiger partial charge on any atom is 1.00 e. The van der Waals surface area contributed by atoms with Crippen molar-refractivity contribution in [3.63, 3.8) is 0 Å². The molecule has 0 radical (unpaired) electrons. The molecule has 0 heterocycles. The average Bonchev–Trinajstić information content (AvgIpc) is 2.28. The number of rotatable bonds is 6. The summed E-state index contributed by atoms with van der Waals surface area (Å²) >= 11 is 0. The van der Waals surface area contributed by atoms with Gasteiger partial charge in [0, 0.05) is 18.0 Å². The quantitative estimate of drug-likeness (QED) is 0.480. The molecule has 0 aliphatic carbocycles. The number of aliphatic carboxylic acids is 1. The molecule has 1 rings (SSSR count). The van der Waals surface area contributed by atoms with Gasteiger partial charge in [-0.25, -0.2) is 0 Å². The van der Waals surface area contributed by atoms with E-state index in [4.69, 9.17) is 0 Å². The van der Waals surface area contributed by atoms with Crippen LogP contribution in [0.3, 0.4) is 0 Å². The Labute approximate surface area is 130 Å². The third-order valence-electron chi connectivity index (χ3n) is 2.68. The number of carboxylic acid groups (broad SMARTS) is 1. The molecule has 1 aromatic rings. The second kappa shape index (κ2) is 8.46. The van der Waals surface area contributed by atoms with Crippen molar-refractivity contribution in [3.8, 4) is 0 Å². The van der Waals surface area contributed by atoms with Crippen LogP contribution in [0.1, 0.15) is 54.9 Å². The van der Waals surface area contributed by atoms with E-state index in [0.29, 0.717) is 17.9 Å². The summed E-state index contributed by atoms with van der Waals surface area (Å²) in [7, 11) is 0. The van der Waals surface area contributed by atoms with Gasteiger partial charge in [0.1, 0.15) is 0 Å². The first kappa shape index (κ1) is 17.4. The summed E-state index contributed by atoms with van der Waals surface area (Å²) in [5.41, 5.74) is 1.84. The Kier molecular flexibility index (Phi) is 8.16. The SMILES string of the molecule is CC(C)c1ccc(C(=O)CCCC(=O)[O-])cc1.[Na+]. The molecule has 92 valence electrons. The maximum absolute atomic E-state index is 11.7. The van der Waals surface area contributed by atoms with Gasteiger partial charge < -0.3 is 9.90 Å². The average molecular weight is 256 g/mol. The summed E-state index contributed by atoms with van der Waals surface area (Å²) in [6.07, 6.45) is 0.540. The van der Waals surface area contributed by atoms with Crippen LogP contribution in [0.25, 0.3) is 0 Å². The standard InChI is InChI=1S/C14H18O3.Na/c1-10(2)11-6-8-12(9-7-11)13(15)4-3-5-14(16)17;/h6-10H,3-5H2,1-2H3,(H,16,17);/q;+1/p-1. The van der Waals surface area contributed by atoms with Crippen LogP contribution < -0.4 is 34.7 Å². The number of benzene rings is 1. The number of carbonyl (C=O) groups is 2. The smallest absolute Gasteiger partial charge is 0.550 e. The number of carbonyl (C=O) groups excluding carboxylic acids is 2. The third-order valence-corrected chi connectivity index (χ3v) is 2.68. The molecule has 1 aromatic carbocycles. The van der Waals surface area contributed by atoms with Gasteiger partial charge in [-0.3, -0.25) is 4.79 Å². The number of hydrogen-bond donors (Lipinski definition) is 0. The Hall–Kier alpha value is -0.640. The van der Waals surface area contributed by atoms with Crippen molar-refractivity contribution in [2.75, 3.05) is 0 Å². The van der Waals surface area contributed by atoms with E-state index in [1.54, 1.807) is 12.1 Å².